The zero-order valence-electron chi connectivity index (χ0n) is 14.8. The fraction of sp³-hybridized carbons (Fsp3) is 0.300. The molecule has 0 amide bonds. The number of benzene rings is 2. The van der Waals surface area contributed by atoms with Gasteiger partial charge in [0, 0.05) is 13.5 Å². The van der Waals surface area contributed by atoms with Crippen LogP contribution in [0.2, 0.25) is 0 Å². The van der Waals surface area contributed by atoms with Crippen molar-refractivity contribution in [1.82, 2.24) is 9.55 Å². The first-order valence-corrected chi connectivity index (χ1v) is 8.54. The highest BCUT2D eigenvalue weighted by molar-refractivity contribution is 5.76. The van der Waals surface area contributed by atoms with E-state index in [4.69, 9.17) is 9.47 Å². The largest absolute Gasteiger partial charge is 0.494 e. The number of rotatable bonds is 7. The third-order valence-electron chi connectivity index (χ3n) is 4.10. The van der Waals surface area contributed by atoms with Gasteiger partial charge in [0.15, 0.2) is 11.9 Å². The van der Waals surface area contributed by atoms with Crippen molar-refractivity contribution in [2.45, 2.75) is 25.9 Å². The van der Waals surface area contributed by atoms with Crippen LogP contribution in [0, 0.1) is 5.82 Å². The summed E-state index contributed by atoms with van der Waals surface area (Å²) in [4.78, 5) is 16.6. The second-order valence-electron chi connectivity index (χ2n) is 6.06. The fourth-order valence-corrected chi connectivity index (χ4v) is 2.77. The second kappa shape index (κ2) is 7.99. The maximum absolute atomic E-state index is 12.8. The van der Waals surface area contributed by atoms with Crippen molar-refractivity contribution < 1.29 is 18.7 Å². The SMILES string of the molecule is C[C@H](OC(=O)CCCOc1ccc(F)cc1)c1nc2ccccc2n1C. The summed E-state index contributed by atoms with van der Waals surface area (Å²) in [7, 11) is 1.91. The van der Waals surface area contributed by atoms with Crippen LogP contribution in [0.1, 0.15) is 31.7 Å². The quantitative estimate of drug-likeness (QED) is 0.471. The number of nitrogens with zero attached hydrogens (tertiary/aromatic N) is 2. The van der Waals surface area contributed by atoms with Gasteiger partial charge in [-0.25, -0.2) is 9.37 Å². The van der Waals surface area contributed by atoms with Gasteiger partial charge in [-0.3, -0.25) is 4.79 Å². The van der Waals surface area contributed by atoms with Gasteiger partial charge in [-0.15, -0.1) is 0 Å². The standard InChI is InChI=1S/C20H21FN2O3/c1-14(20-22-17-6-3-4-7-18(17)23(20)2)26-19(24)8-5-13-25-16-11-9-15(21)10-12-16/h3-4,6-7,9-12,14H,5,8,13H2,1-2H3/t14-/m0/s1. The number of halogens is 1. The minimum absolute atomic E-state index is 0.246. The van der Waals surface area contributed by atoms with Crippen LogP contribution >= 0.6 is 0 Å². The second-order valence-corrected chi connectivity index (χ2v) is 6.06. The molecule has 0 saturated carbocycles. The summed E-state index contributed by atoms with van der Waals surface area (Å²) in [5.74, 6) is 0.680. The lowest BCUT2D eigenvalue weighted by Crippen LogP contribution is -2.13. The molecule has 0 aliphatic rings. The minimum atomic E-state index is -0.432. The molecule has 5 nitrogen and oxygen atoms in total. The molecule has 3 rings (SSSR count). The first-order valence-electron chi connectivity index (χ1n) is 8.54. The lowest BCUT2D eigenvalue weighted by atomic mass is 10.3. The Kier molecular flexibility index (Phi) is 5.51. The Hall–Kier alpha value is -2.89. The molecular weight excluding hydrogens is 335 g/mol. The van der Waals surface area contributed by atoms with Crippen molar-refractivity contribution in [3.63, 3.8) is 0 Å². The Balaban J connectivity index is 1.48. The number of aromatic nitrogens is 2. The van der Waals surface area contributed by atoms with Gasteiger partial charge < -0.3 is 14.0 Å². The van der Waals surface area contributed by atoms with Crippen LogP contribution in [-0.4, -0.2) is 22.1 Å². The molecule has 26 heavy (non-hydrogen) atoms. The van der Waals surface area contributed by atoms with Crippen molar-refractivity contribution in [2.75, 3.05) is 6.61 Å². The summed E-state index contributed by atoms with van der Waals surface area (Å²) in [5.41, 5.74) is 1.87. The Labute approximate surface area is 151 Å². The Bertz CT molecular complexity index is 890. The molecule has 0 unspecified atom stereocenters. The topological polar surface area (TPSA) is 53.4 Å². The molecule has 0 aliphatic carbocycles. The van der Waals surface area contributed by atoms with Gasteiger partial charge >= 0.3 is 5.97 Å². The number of aryl methyl sites for hydroxylation is 1. The molecule has 2 aromatic carbocycles. The van der Waals surface area contributed by atoms with Crippen LogP contribution in [-0.2, 0) is 16.6 Å². The average Bonchev–Trinajstić information content (AvgIpc) is 2.97. The van der Waals surface area contributed by atoms with E-state index in [2.05, 4.69) is 4.98 Å². The van der Waals surface area contributed by atoms with E-state index in [-0.39, 0.29) is 18.2 Å². The number of carbonyl (C=O) groups excluding carboxylic acids is 1. The molecule has 0 bridgehead atoms. The van der Waals surface area contributed by atoms with E-state index in [1.165, 1.54) is 12.1 Å². The molecule has 1 aromatic heterocycles. The maximum atomic E-state index is 12.8. The van der Waals surface area contributed by atoms with Crippen LogP contribution < -0.4 is 4.74 Å². The molecule has 0 saturated heterocycles. The molecule has 1 atom stereocenters. The number of carbonyl (C=O) groups is 1. The molecule has 0 fully saturated rings. The Morgan fingerprint density at radius 1 is 1.19 bits per heavy atom. The summed E-state index contributed by atoms with van der Waals surface area (Å²) < 4.78 is 25.7. The van der Waals surface area contributed by atoms with Gasteiger partial charge in [0.25, 0.3) is 0 Å². The number of fused-ring (bicyclic) bond motifs is 1. The van der Waals surface area contributed by atoms with E-state index >= 15 is 0 Å². The molecular formula is C20H21FN2O3. The summed E-state index contributed by atoms with van der Waals surface area (Å²) in [6.45, 7) is 2.18. The number of imidazole rings is 1. The van der Waals surface area contributed by atoms with Gasteiger partial charge in [-0.05, 0) is 49.7 Å². The molecule has 136 valence electrons. The van der Waals surface area contributed by atoms with E-state index < -0.39 is 6.10 Å². The first-order chi connectivity index (χ1) is 12.5. The van der Waals surface area contributed by atoms with E-state index in [0.717, 1.165) is 11.0 Å². The third-order valence-corrected chi connectivity index (χ3v) is 4.10. The van der Waals surface area contributed by atoms with Crippen LogP contribution in [0.25, 0.3) is 11.0 Å². The molecule has 3 aromatic rings. The van der Waals surface area contributed by atoms with Crippen LogP contribution in [0.5, 0.6) is 5.75 Å². The molecule has 0 spiro atoms. The van der Waals surface area contributed by atoms with Gasteiger partial charge in [0.2, 0.25) is 0 Å². The summed E-state index contributed by atoms with van der Waals surface area (Å²) in [6, 6.07) is 13.6. The number of para-hydroxylation sites is 2. The van der Waals surface area contributed by atoms with Crippen molar-refractivity contribution in [1.29, 1.82) is 0 Å². The van der Waals surface area contributed by atoms with Crippen LogP contribution in [0.4, 0.5) is 4.39 Å². The highest BCUT2D eigenvalue weighted by Crippen LogP contribution is 2.22. The molecule has 6 heteroatoms. The molecule has 1 heterocycles. The number of hydrogen-bond acceptors (Lipinski definition) is 4. The molecule has 0 N–H and O–H groups in total. The smallest absolute Gasteiger partial charge is 0.306 e. The predicted octanol–water partition coefficient (Wildman–Crippen LogP) is 4.18. The average molecular weight is 356 g/mol. The van der Waals surface area contributed by atoms with E-state index in [0.29, 0.717) is 24.6 Å². The maximum Gasteiger partial charge on any atom is 0.306 e. The Morgan fingerprint density at radius 3 is 2.65 bits per heavy atom. The van der Waals surface area contributed by atoms with E-state index in [1.54, 1.807) is 12.1 Å². The molecule has 0 aliphatic heterocycles. The number of hydrogen-bond donors (Lipinski definition) is 0. The fourth-order valence-electron chi connectivity index (χ4n) is 2.77. The van der Waals surface area contributed by atoms with Gasteiger partial charge in [-0.2, -0.15) is 0 Å². The Morgan fingerprint density at radius 2 is 1.92 bits per heavy atom. The summed E-state index contributed by atoms with van der Waals surface area (Å²) in [6.07, 6.45) is 0.332. The normalized spacial score (nSPS) is 12.1. The molecule has 0 radical (unpaired) electrons. The minimum Gasteiger partial charge on any atom is -0.494 e. The van der Waals surface area contributed by atoms with Gasteiger partial charge in [0.1, 0.15) is 11.6 Å². The third kappa shape index (κ3) is 4.20. The highest BCUT2D eigenvalue weighted by atomic mass is 19.1. The number of esters is 1. The lowest BCUT2D eigenvalue weighted by molar-refractivity contribution is -0.149. The first kappa shape index (κ1) is 17.9. The van der Waals surface area contributed by atoms with Crippen molar-refractivity contribution in [3.8, 4) is 5.75 Å². The zero-order chi connectivity index (χ0) is 18.5. The monoisotopic (exact) mass is 356 g/mol. The summed E-state index contributed by atoms with van der Waals surface area (Å²) in [5, 5.41) is 0. The van der Waals surface area contributed by atoms with E-state index in [1.807, 2.05) is 42.8 Å². The van der Waals surface area contributed by atoms with E-state index in [9.17, 15) is 9.18 Å². The number of ether oxygens (including phenoxy) is 2. The van der Waals surface area contributed by atoms with Crippen LogP contribution in [0.15, 0.2) is 48.5 Å². The van der Waals surface area contributed by atoms with Crippen molar-refractivity contribution in [3.05, 3.63) is 60.2 Å². The summed E-state index contributed by atoms with van der Waals surface area (Å²) >= 11 is 0. The van der Waals surface area contributed by atoms with Gasteiger partial charge in [0.05, 0.1) is 17.6 Å². The van der Waals surface area contributed by atoms with Gasteiger partial charge in [-0.1, -0.05) is 12.1 Å². The van der Waals surface area contributed by atoms with Crippen LogP contribution in [0.3, 0.4) is 0 Å². The zero-order valence-corrected chi connectivity index (χ0v) is 14.8. The highest BCUT2D eigenvalue weighted by Gasteiger charge is 2.18. The van der Waals surface area contributed by atoms with Crippen molar-refractivity contribution in [2.24, 2.45) is 7.05 Å². The lowest BCUT2D eigenvalue weighted by Gasteiger charge is -2.13. The predicted molar refractivity (Wildman–Crippen MR) is 96.4 cm³/mol. The van der Waals surface area contributed by atoms with Crippen molar-refractivity contribution >= 4 is 17.0 Å².